The molecule has 2 fully saturated rings. The molecule has 3 aliphatic rings. The highest BCUT2D eigenvalue weighted by molar-refractivity contribution is 7.88. The molecule has 5 rings (SSSR count). The van der Waals surface area contributed by atoms with E-state index in [1.807, 2.05) is 18.2 Å². The second kappa shape index (κ2) is 7.13. The molecule has 0 spiro atoms. The van der Waals surface area contributed by atoms with Crippen LogP contribution in [0.5, 0.6) is 5.75 Å². The van der Waals surface area contributed by atoms with Gasteiger partial charge in [0, 0.05) is 18.0 Å². The smallest absolute Gasteiger partial charge is 0.211 e. The fraction of sp³-hybridized carbons (Fsp3) is 0.500. The molecule has 1 saturated carbocycles. The summed E-state index contributed by atoms with van der Waals surface area (Å²) in [5.74, 6) is 1.35. The van der Waals surface area contributed by atoms with Crippen molar-refractivity contribution in [2.75, 3.05) is 12.8 Å². The molecule has 0 radical (unpaired) electrons. The summed E-state index contributed by atoms with van der Waals surface area (Å²) in [5.41, 5.74) is 4.02. The van der Waals surface area contributed by atoms with Crippen molar-refractivity contribution in [3.63, 3.8) is 0 Å². The van der Waals surface area contributed by atoms with Crippen molar-refractivity contribution < 1.29 is 13.2 Å². The molecule has 5 heteroatoms. The second-order valence-corrected chi connectivity index (χ2v) is 10.9. The highest BCUT2D eigenvalue weighted by Crippen LogP contribution is 2.56. The van der Waals surface area contributed by atoms with E-state index in [1.54, 1.807) is 4.31 Å². The first-order chi connectivity index (χ1) is 14.0. The topological polar surface area (TPSA) is 46.6 Å². The van der Waals surface area contributed by atoms with E-state index in [4.69, 9.17) is 4.74 Å². The van der Waals surface area contributed by atoms with E-state index in [9.17, 15) is 8.42 Å². The Balaban J connectivity index is 1.49. The third kappa shape index (κ3) is 3.28. The Morgan fingerprint density at radius 1 is 1.10 bits per heavy atom. The third-order valence-electron chi connectivity index (χ3n) is 7.43. The molecule has 154 valence electrons. The summed E-state index contributed by atoms with van der Waals surface area (Å²) in [4.78, 5) is 0. The van der Waals surface area contributed by atoms with Gasteiger partial charge in [0.25, 0.3) is 0 Å². The lowest BCUT2D eigenvalue weighted by molar-refractivity contribution is 0.0317. The van der Waals surface area contributed by atoms with Crippen molar-refractivity contribution in [3.05, 3.63) is 65.2 Å². The molecule has 1 aliphatic heterocycles. The maximum atomic E-state index is 12.5. The molecule has 0 unspecified atom stereocenters. The van der Waals surface area contributed by atoms with E-state index in [0.717, 1.165) is 25.0 Å². The number of ether oxygens (including phenoxy) is 1. The minimum atomic E-state index is -3.17. The Morgan fingerprint density at radius 3 is 2.72 bits per heavy atom. The van der Waals surface area contributed by atoms with Crippen molar-refractivity contribution in [2.24, 2.45) is 5.92 Å². The fourth-order valence-electron chi connectivity index (χ4n) is 6.19. The SMILES string of the molecule is CS(=O)(=O)N1CC[C@]23CCCC[C@H]2[C@H]1Cc1ccc(OCc2ccccc2)cc13. The van der Waals surface area contributed by atoms with Crippen LogP contribution in [-0.4, -0.2) is 31.6 Å². The number of nitrogens with zero attached hydrogens (tertiary/aromatic N) is 1. The van der Waals surface area contributed by atoms with E-state index >= 15 is 0 Å². The summed E-state index contributed by atoms with van der Waals surface area (Å²) in [6.45, 7) is 1.22. The van der Waals surface area contributed by atoms with Gasteiger partial charge in [0.05, 0.1) is 6.26 Å². The van der Waals surface area contributed by atoms with Crippen LogP contribution in [0, 0.1) is 5.92 Å². The zero-order chi connectivity index (χ0) is 20.1. The van der Waals surface area contributed by atoms with E-state index in [2.05, 4.69) is 30.3 Å². The summed E-state index contributed by atoms with van der Waals surface area (Å²) in [6.07, 6.45) is 7.87. The van der Waals surface area contributed by atoms with Gasteiger partial charge in [-0.05, 0) is 60.4 Å². The molecule has 4 nitrogen and oxygen atoms in total. The van der Waals surface area contributed by atoms with Crippen molar-refractivity contribution >= 4 is 10.0 Å². The van der Waals surface area contributed by atoms with Crippen LogP contribution in [0.4, 0.5) is 0 Å². The summed E-state index contributed by atoms with van der Waals surface area (Å²) >= 11 is 0. The van der Waals surface area contributed by atoms with Crippen LogP contribution in [0.3, 0.4) is 0 Å². The predicted octanol–water partition coefficient (Wildman–Crippen LogP) is 4.28. The number of benzene rings is 2. The Hall–Kier alpha value is -1.85. The molecule has 2 bridgehead atoms. The second-order valence-electron chi connectivity index (χ2n) is 9.00. The minimum Gasteiger partial charge on any atom is -0.489 e. The molecule has 2 aromatic carbocycles. The monoisotopic (exact) mass is 411 g/mol. The largest absolute Gasteiger partial charge is 0.489 e. The minimum absolute atomic E-state index is 0.114. The van der Waals surface area contributed by atoms with Crippen molar-refractivity contribution in [1.29, 1.82) is 0 Å². The summed E-state index contributed by atoms with van der Waals surface area (Å²) in [6, 6.07) is 16.9. The maximum Gasteiger partial charge on any atom is 0.211 e. The lowest BCUT2D eigenvalue weighted by Gasteiger charge is -2.58. The summed E-state index contributed by atoms with van der Waals surface area (Å²) < 4.78 is 32.8. The molecule has 0 aromatic heterocycles. The van der Waals surface area contributed by atoms with Gasteiger partial charge in [0.15, 0.2) is 0 Å². The highest BCUT2D eigenvalue weighted by atomic mass is 32.2. The molecule has 1 heterocycles. The first kappa shape index (κ1) is 19.1. The van der Waals surface area contributed by atoms with Crippen LogP contribution in [-0.2, 0) is 28.5 Å². The molecule has 3 atom stereocenters. The summed E-state index contributed by atoms with van der Waals surface area (Å²) in [5, 5.41) is 0. The Labute approximate surface area is 173 Å². The van der Waals surface area contributed by atoms with Crippen LogP contribution < -0.4 is 4.74 Å². The lowest BCUT2D eigenvalue weighted by Crippen LogP contribution is -2.61. The number of rotatable bonds is 4. The van der Waals surface area contributed by atoms with Gasteiger partial charge in [-0.1, -0.05) is 49.2 Å². The van der Waals surface area contributed by atoms with Gasteiger partial charge < -0.3 is 4.74 Å². The molecular weight excluding hydrogens is 382 g/mol. The maximum absolute atomic E-state index is 12.5. The molecule has 2 aliphatic carbocycles. The van der Waals surface area contributed by atoms with Crippen molar-refractivity contribution in [3.8, 4) is 5.75 Å². The van der Waals surface area contributed by atoms with E-state index in [0.29, 0.717) is 19.1 Å². The van der Waals surface area contributed by atoms with Crippen molar-refractivity contribution in [2.45, 2.75) is 56.6 Å². The first-order valence-corrected chi connectivity index (χ1v) is 12.6. The number of hydrogen-bond acceptors (Lipinski definition) is 3. The molecule has 1 saturated heterocycles. The van der Waals surface area contributed by atoms with Gasteiger partial charge in [-0.25, -0.2) is 8.42 Å². The van der Waals surface area contributed by atoms with Gasteiger partial charge in [-0.3, -0.25) is 0 Å². The zero-order valence-corrected chi connectivity index (χ0v) is 17.8. The van der Waals surface area contributed by atoms with Crippen LogP contribution in [0.2, 0.25) is 0 Å². The van der Waals surface area contributed by atoms with E-state index in [1.165, 1.54) is 42.2 Å². The highest BCUT2D eigenvalue weighted by Gasteiger charge is 2.55. The van der Waals surface area contributed by atoms with Crippen LogP contribution in [0.1, 0.15) is 48.8 Å². The number of sulfonamides is 1. The van der Waals surface area contributed by atoms with Gasteiger partial charge in [0.2, 0.25) is 10.0 Å². The average molecular weight is 412 g/mol. The van der Waals surface area contributed by atoms with Gasteiger partial charge >= 0.3 is 0 Å². The Kier molecular flexibility index (Phi) is 4.71. The lowest BCUT2D eigenvalue weighted by atomic mass is 9.53. The zero-order valence-electron chi connectivity index (χ0n) is 17.0. The van der Waals surface area contributed by atoms with Gasteiger partial charge in [-0.15, -0.1) is 0 Å². The molecule has 0 amide bonds. The fourth-order valence-corrected chi connectivity index (χ4v) is 7.33. The first-order valence-electron chi connectivity index (χ1n) is 10.7. The van der Waals surface area contributed by atoms with Gasteiger partial charge in [-0.2, -0.15) is 4.31 Å². The standard InChI is InChI=1S/C24H29NO3S/c1-29(26,27)25-14-13-24-12-6-5-9-21(24)23(25)15-19-10-11-20(16-22(19)24)28-17-18-7-3-2-4-8-18/h2-4,7-8,10-11,16,21,23H,5-6,9,12-15,17H2,1H3/t21-,23+,24+/m0/s1. The Morgan fingerprint density at radius 2 is 1.93 bits per heavy atom. The quantitative estimate of drug-likeness (QED) is 0.754. The Bertz CT molecular complexity index is 1000. The van der Waals surface area contributed by atoms with E-state index < -0.39 is 10.0 Å². The third-order valence-corrected chi connectivity index (χ3v) is 8.74. The van der Waals surface area contributed by atoms with Crippen LogP contribution in [0.15, 0.2) is 48.5 Å². The average Bonchev–Trinajstić information content (AvgIpc) is 2.72. The normalized spacial score (nSPS) is 29.0. The predicted molar refractivity (Wildman–Crippen MR) is 115 cm³/mol. The number of piperidine rings is 1. The number of fused-ring (bicyclic) bond motifs is 1. The van der Waals surface area contributed by atoms with E-state index in [-0.39, 0.29) is 11.5 Å². The van der Waals surface area contributed by atoms with Gasteiger partial charge in [0.1, 0.15) is 12.4 Å². The molecular formula is C24H29NO3S. The van der Waals surface area contributed by atoms with Crippen LogP contribution in [0.25, 0.3) is 0 Å². The number of hydrogen-bond donors (Lipinski definition) is 0. The van der Waals surface area contributed by atoms with Crippen LogP contribution >= 0.6 is 0 Å². The molecule has 29 heavy (non-hydrogen) atoms. The van der Waals surface area contributed by atoms with Crippen molar-refractivity contribution in [1.82, 2.24) is 4.31 Å². The molecule has 0 N–H and O–H groups in total. The molecule has 2 aromatic rings. The summed E-state index contributed by atoms with van der Waals surface area (Å²) in [7, 11) is -3.17.